The standard InChI is InChI=1S/C16H21N3O2/c17-8-11-21-15-7-3-2-6-14(15)12-18-13-16(20)19-9-4-1-5-10-19/h2-3,6-7,18H,1,4-5,9-13H2. The van der Waals surface area contributed by atoms with Crippen LogP contribution in [-0.2, 0) is 11.3 Å². The van der Waals surface area contributed by atoms with Gasteiger partial charge in [-0.2, -0.15) is 5.26 Å². The molecule has 1 amide bonds. The Balaban J connectivity index is 1.80. The van der Waals surface area contributed by atoms with E-state index < -0.39 is 0 Å². The summed E-state index contributed by atoms with van der Waals surface area (Å²) in [5.74, 6) is 0.849. The predicted molar refractivity (Wildman–Crippen MR) is 79.7 cm³/mol. The second kappa shape index (κ2) is 8.28. The Kier molecular flexibility index (Phi) is 6.04. The number of rotatable bonds is 6. The number of nitriles is 1. The molecule has 1 aliphatic rings. The third kappa shape index (κ3) is 4.76. The first-order chi connectivity index (χ1) is 10.3. The molecule has 0 aromatic heterocycles. The van der Waals surface area contributed by atoms with E-state index in [2.05, 4.69) is 5.32 Å². The van der Waals surface area contributed by atoms with Crippen molar-refractivity contribution in [3.8, 4) is 11.8 Å². The van der Waals surface area contributed by atoms with Gasteiger partial charge in [-0.1, -0.05) is 18.2 Å². The zero-order chi connectivity index (χ0) is 14.9. The fourth-order valence-corrected chi connectivity index (χ4v) is 2.46. The van der Waals surface area contributed by atoms with Crippen molar-refractivity contribution in [3.63, 3.8) is 0 Å². The second-order valence-electron chi connectivity index (χ2n) is 5.10. The third-order valence-corrected chi connectivity index (χ3v) is 3.57. The van der Waals surface area contributed by atoms with Crippen LogP contribution in [0.15, 0.2) is 24.3 Å². The average molecular weight is 287 g/mol. The van der Waals surface area contributed by atoms with Gasteiger partial charge in [0.2, 0.25) is 5.91 Å². The number of ether oxygens (including phenoxy) is 1. The Bertz CT molecular complexity index is 504. The lowest BCUT2D eigenvalue weighted by Crippen LogP contribution is -2.40. The third-order valence-electron chi connectivity index (χ3n) is 3.57. The van der Waals surface area contributed by atoms with Gasteiger partial charge < -0.3 is 15.0 Å². The van der Waals surface area contributed by atoms with Gasteiger partial charge in [-0.05, 0) is 25.3 Å². The van der Waals surface area contributed by atoms with E-state index in [1.165, 1.54) is 6.42 Å². The molecule has 0 radical (unpaired) electrons. The maximum absolute atomic E-state index is 12.0. The van der Waals surface area contributed by atoms with Crippen LogP contribution in [0, 0.1) is 11.3 Å². The van der Waals surface area contributed by atoms with E-state index >= 15 is 0 Å². The summed E-state index contributed by atoms with van der Waals surface area (Å²) in [7, 11) is 0. The fraction of sp³-hybridized carbons (Fsp3) is 0.500. The molecule has 2 rings (SSSR count). The number of hydrogen-bond acceptors (Lipinski definition) is 4. The summed E-state index contributed by atoms with van der Waals surface area (Å²) in [4.78, 5) is 14.0. The molecule has 1 aromatic rings. The van der Waals surface area contributed by atoms with Gasteiger partial charge in [-0.15, -0.1) is 0 Å². The van der Waals surface area contributed by atoms with Crippen LogP contribution in [0.25, 0.3) is 0 Å². The Hall–Kier alpha value is -2.06. The van der Waals surface area contributed by atoms with Gasteiger partial charge in [-0.25, -0.2) is 0 Å². The monoisotopic (exact) mass is 287 g/mol. The summed E-state index contributed by atoms with van der Waals surface area (Å²) in [5.41, 5.74) is 0.958. The number of nitrogens with one attached hydrogen (secondary N) is 1. The van der Waals surface area contributed by atoms with Crippen LogP contribution in [0.5, 0.6) is 5.75 Å². The molecule has 1 fully saturated rings. The molecule has 1 saturated heterocycles. The molecule has 1 aromatic carbocycles. The maximum Gasteiger partial charge on any atom is 0.236 e. The summed E-state index contributed by atoms with van der Waals surface area (Å²) >= 11 is 0. The van der Waals surface area contributed by atoms with Gasteiger partial charge in [0, 0.05) is 25.2 Å². The number of likely N-dealkylation sites (tertiary alicyclic amines) is 1. The van der Waals surface area contributed by atoms with Gasteiger partial charge in [0.25, 0.3) is 0 Å². The topological polar surface area (TPSA) is 65.4 Å². The quantitative estimate of drug-likeness (QED) is 0.864. The molecule has 0 unspecified atom stereocenters. The second-order valence-corrected chi connectivity index (χ2v) is 5.10. The zero-order valence-electron chi connectivity index (χ0n) is 12.2. The van der Waals surface area contributed by atoms with E-state index in [1.807, 2.05) is 35.2 Å². The van der Waals surface area contributed by atoms with Crippen molar-refractivity contribution >= 4 is 5.91 Å². The minimum atomic E-state index is 0.0315. The molecule has 1 N–H and O–H groups in total. The summed E-state index contributed by atoms with van der Waals surface area (Å²) < 4.78 is 5.36. The SMILES string of the molecule is N#CCOc1ccccc1CNCC(=O)N1CCCCC1. The lowest BCUT2D eigenvalue weighted by atomic mass is 10.1. The Morgan fingerprint density at radius 3 is 2.81 bits per heavy atom. The van der Waals surface area contributed by atoms with Crippen LogP contribution < -0.4 is 10.1 Å². The van der Waals surface area contributed by atoms with E-state index in [4.69, 9.17) is 10.00 Å². The number of carbonyl (C=O) groups excluding carboxylic acids is 1. The number of para-hydroxylation sites is 1. The van der Waals surface area contributed by atoms with Gasteiger partial charge in [0.1, 0.15) is 11.8 Å². The van der Waals surface area contributed by atoms with Gasteiger partial charge in [0.05, 0.1) is 6.54 Å². The lowest BCUT2D eigenvalue weighted by molar-refractivity contribution is -0.131. The van der Waals surface area contributed by atoms with Crippen LogP contribution in [0.2, 0.25) is 0 Å². The van der Waals surface area contributed by atoms with Crippen LogP contribution in [0.1, 0.15) is 24.8 Å². The average Bonchev–Trinajstić information content (AvgIpc) is 2.54. The molecule has 1 heterocycles. The zero-order valence-corrected chi connectivity index (χ0v) is 12.2. The molecule has 112 valence electrons. The molecule has 5 nitrogen and oxygen atoms in total. The lowest BCUT2D eigenvalue weighted by Gasteiger charge is -2.26. The van der Waals surface area contributed by atoms with Crippen molar-refractivity contribution in [3.05, 3.63) is 29.8 Å². The molecule has 5 heteroatoms. The van der Waals surface area contributed by atoms with Crippen molar-refractivity contribution in [2.24, 2.45) is 0 Å². The number of amides is 1. The fourth-order valence-electron chi connectivity index (χ4n) is 2.46. The van der Waals surface area contributed by atoms with Gasteiger partial charge in [0.15, 0.2) is 6.61 Å². The van der Waals surface area contributed by atoms with E-state index in [0.29, 0.717) is 18.8 Å². The van der Waals surface area contributed by atoms with Crippen molar-refractivity contribution < 1.29 is 9.53 Å². The van der Waals surface area contributed by atoms with Crippen LogP contribution in [-0.4, -0.2) is 37.0 Å². The van der Waals surface area contributed by atoms with Crippen molar-refractivity contribution in [1.82, 2.24) is 10.2 Å². The molecular formula is C16H21N3O2. The first kappa shape index (κ1) is 15.3. The Morgan fingerprint density at radius 2 is 2.05 bits per heavy atom. The highest BCUT2D eigenvalue weighted by Gasteiger charge is 2.15. The molecule has 0 saturated carbocycles. The van der Waals surface area contributed by atoms with Crippen LogP contribution in [0.3, 0.4) is 0 Å². The number of nitrogens with zero attached hydrogens (tertiary/aromatic N) is 2. The summed E-state index contributed by atoms with van der Waals surface area (Å²) in [6, 6.07) is 9.52. The highest BCUT2D eigenvalue weighted by Crippen LogP contribution is 2.17. The normalized spacial score (nSPS) is 14.5. The molecule has 0 atom stereocenters. The molecule has 0 spiro atoms. The highest BCUT2D eigenvalue weighted by atomic mass is 16.5. The Morgan fingerprint density at radius 1 is 1.29 bits per heavy atom. The van der Waals surface area contributed by atoms with Crippen molar-refractivity contribution in [2.75, 3.05) is 26.2 Å². The number of piperidine rings is 1. The summed E-state index contributed by atoms with van der Waals surface area (Å²) in [6.45, 7) is 2.68. The largest absolute Gasteiger partial charge is 0.478 e. The molecule has 0 aliphatic carbocycles. The first-order valence-corrected chi connectivity index (χ1v) is 7.37. The van der Waals surface area contributed by atoms with E-state index in [-0.39, 0.29) is 12.5 Å². The maximum atomic E-state index is 12.0. The van der Waals surface area contributed by atoms with Crippen LogP contribution in [0.4, 0.5) is 0 Å². The molecule has 21 heavy (non-hydrogen) atoms. The van der Waals surface area contributed by atoms with Gasteiger partial charge in [-0.3, -0.25) is 4.79 Å². The summed E-state index contributed by atoms with van der Waals surface area (Å²) in [5, 5.41) is 11.7. The number of hydrogen-bond donors (Lipinski definition) is 1. The van der Waals surface area contributed by atoms with Crippen molar-refractivity contribution in [1.29, 1.82) is 5.26 Å². The minimum Gasteiger partial charge on any atom is -0.478 e. The first-order valence-electron chi connectivity index (χ1n) is 7.37. The Labute approximate surface area is 125 Å². The van der Waals surface area contributed by atoms with E-state index in [1.54, 1.807) is 0 Å². The summed E-state index contributed by atoms with van der Waals surface area (Å²) in [6.07, 6.45) is 3.44. The number of carbonyl (C=O) groups is 1. The highest BCUT2D eigenvalue weighted by molar-refractivity contribution is 5.78. The van der Waals surface area contributed by atoms with E-state index in [9.17, 15) is 4.79 Å². The smallest absolute Gasteiger partial charge is 0.236 e. The van der Waals surface area contributed by atoms with E-state index in [0.717, 1.165) is 31.5 Å². The van der Waals surface area contributed by atoms with Gasteiger partial charge >= 0.3 is 0 Å². The van der Waals surface area contributed by atoms with Crippen LogP contribution >= 0.6 is 0 Å². The van der Waals surface area contributed by atoms with Crippen molar-refractivity contribution in [2.45, 2.75) is 25.8 Å². The number of benzene rings is 1. The molecular weight excluding hydrogens is 266 g/mol. The molecule has 1 aliphatic heterocycles. The molecule has 0 bridgehead atoms. The predicted octanol–water partition coefficient (Wildman–Crippen LogP) is 1.69. The minimum absolute atomic E-state index is 0.0315.